The van der Waals surface area contributed by atoms with Gasteiger partial charge in [0.2, 0.25) is 0 Å². The van der Waals surface area contributed by atoms with Gasteiger partial charge in [-0.2, -0.15) is 5.26 Å². The van der Waals surface area contributed by atoms with Crippen molar-refractivity contribution in [3.63, 3.8) is 0 Å². The van der Waals surface area contributed by atoms with Gasteiger partial charge in [-0.15, -0.1) is 0 Å². The molecule has 0 unspecified atom stereocenters. The monoisotopic (exact) mass is 485 g/mol. The molecule has 2 atom stereocenters. The Hall–Kier alpha value is -3.29. The molecule has 0 aliphatic carbocycles. The highest BCUT2D eigenvalue weighted by Crippen LogP contribution is 2.49. The van der Waals surface area contributed by atoms with Gasteiger partial charge in [0.05, 0.1) is 21.6 Å². The Balaban J connectivity index is 1.83. The first-order valence-electron chi connectivity index (χ1n) is 11.0. The quantitative estimate of drug-likeness (QED) is 0.424. The number of thiol groups is 1. The topological polar surface area (TPSA) is 127 Å². The van der Waals surface area contributed by atoms with Gasteiger partial charge in [-0.3, -0.25) is 19.2 Å². The predicted molar refractivity (Wildman–Crippen MR) is 132 cm³/mol. The fourth-order valence-corrected chi connectivity index (χ4v) is 8.70. The van der Waals surface area contributed by atoms with E-state index in [0.29, 0.717) is 24.2 Å². The van der Waals surface area contributed by atoms with Crippen LogP contribution in [0.5, 0.6) is 0 Å². The van der Waals surface area contributed by atoms with Gasteiger partial charge < -0.3 is 10.4 Å². The van der Waals surface area contributed by atoms with Crippen LogP contribution in [0.2, 0.25) is 0 Å². The van der Waals surface area contributed by atoms with Crippen molar-refractivity contribution in [1.82, 2.24) is 10.0 Å². The molecule has 0 radical (unpaired) electrons. The van der Waals surface area contributed by atoms with Crippen molar-refractivity contribution in [2.45, 2.75) is 49.7 Å². The average molecular weight is 486 g/mol. The van der Waals surface area contributed by atoms with E-state index in [1.165, 1.54) is 6.07 Å². The Kier molecular flexibility index (Phi) is 5.74. The number of amidine groups is 1. The summed E-state index contributed by atoms with van der Waals surface area (Å²) in [5, 5.41) is 23.5. The van der Waals surface area contributed by atoms with Crippen LogP contribution in [0.3, 0.4) is 0 Å². The first-order valence-corrected chi connectivity index (χ1v) is 12.7. The van der Waals surface area contributed by atoms with Crippen LogP contribution in [0.1, 0.15) is 43.9 Å². The molecule has 4 N–H and O–H groups in total. The standard InChI is InChI=1S/C24H28FN5O3S/c1-14-11-15(13-26)5-8-19(14)28-16-6-7-18(25)17(12-16)24(4)20-9-10-27-34(20,33)23(2,3)21(30-24)29-22(31)32/h5-8,11-12,20,28,34H,9-10H2,1-4H3,(H,27,33)(H,29,30)(H,31,32)/t20-,24+/m0/s1. The van der Waals surface area contributed by atoms with E-state index >= 15 is 4.39 Å². The van der Waals surface area contributed by atoms with Gasteiger partial charge in [-0.25, -0.2) is 9.18 Å². The molecule has 2 heterocycles. The number of hydrogen-bond donors (Lipinski definition) is 5. The Labute approximate surface area is 198 Å². The molecule has 2 aromatic rings. The van der Waals surface area contributed by atoms with Crippen LogP contribution >= 0.6 is 0 Å². The zero-order valence-electron chi connectivity index (χ0n) is 19.4. The molecule has 1 fully saturated rings. The zero-order valence-corrected chi connectivity index (χ0v) is 20.3. The second-order valence-corrected chi connectivity index (χ2v) is 12.8. The van der Waals surface area contributed by atoms with E-state index in [1.807, 2.05) is 6.92 Å². The lowest BCUT2D eigenvalue weighted by Gasteiger charge is -2.51. The largest absolute Gasteiger partial charge is 0.465 e. The van der Waals surface area contributed by atoms with Crippen molar-refractivity contribution >= 4 is 33.4 Å². The maximum Gasteiger partial charge on any atom is 0.410 e. The van der Waals surface area contributed by atoms with Crippen molar-refractivity contribution in [2.24, 2.45) is 4.99 Å². The summed E-state index contributed by atoms with van der Waals surface area (Å²) >= 11 is 0. The highest BCUT2D eigenvalue weighted by molar-refractivity contribution is 8.04. The maximum atomic E-state index is 15.3. The van der Waals surface area contributed by atoms with Crippen LogP contribution in [0, 0.1) is 24.1 Å². The number of nitriles is 1. The molecule has 1 amide bonds. The Bertz CT molecular complexity index is 1300. The minimum absolute atomic E-state index is 0.0529. The highest BCUT2D eigenvalue weighted by Gasteiger charge is 2.59. The molecule has 0 spiro atoms. The summed E-state index contributed by atoms with van der Waals surface area (Å²) < 4.78 is 31.6. The number of carboxylic acid groups (broad SMARTS) is 1. The highest BCUT2D eigenvalue weighted by atomic mass is 32.3. The van der Waals surface area contributed by atoms with Gasteiger partial charge in [-0.05, 0) is 86.2 Å². The van der Waals surface area contributed by atoms with Crippen LogP contribution in [-0.4, -0.2) is 37.8 Å². The average Bonchev–Trinajstić information content (AvgIpc) is 3.19. The van der Waals surface area contributed by atoms with Crippen LogP contribution in [0.15, 0.2) is 41.4 Å². The van der Waals surface area contributed by atoms with Crippen molar-refractivity contribution in [3.05, 3.63) is 58.9 Å². The number of halogens is 1. The van der Waals surface area contributed by atoms with Crippen LogP contribution in [-0.2, 0) is 15.7 Å². The van der Waals surface area contributed by atoms with Gasteiger partial charge in [0, 0.05) is 23.5 Å². The molecule has 1 saturated heterocycles. The van der Waals surface area contributed by atoms with E-state index < -0.39 is 37.6 Å². The van der Waals surface area contributed by atoms with E-state index in [-0.39, 0.29) is 11.4 Å². The molecular formula is C24H28FN5O3S. The molecular weight excluding hydrogens is 457 g/mol. The molecule has 2 aliphatic rings. The van der Waals surface area contributed by atoms with Gasteiger partial charge >= 0.3 is 6.09 Å². The SMILES string of the molecule is Cc1cc(C#N)ccc1Nc1ccc(F)c([C@@]2(C)N=C(NC(=O)O)C(C)(C)[SH]3(=O)NCC[C@@H]23)c1. The fourth-order valence-electron chi connectivity index (χ4n) is 5.02. The minimum Gasteiger partial charge on any atom is -0.465 e. The van der Waals surface area contributed by atoms with E-state index in [0.717, 1.165) is 11.3 Å². The van der Waals surface area contributed by atoms with Crippen molar-refractivity contribution in [3.8, 4) is 6.07 Å². The van der Waals surface area contributed by atoms with E-state index in [4.69, 9.17) is 10.3 Å². The number of amides is 1. The van der Waals surface area contributed by atoms with Gasteiger partial charge in [0.25, 0.3) is 0 Å². The number of benzene rings is 2. The summed E-state index contributed by atoms with van der Waals surface area (Å²) in [7, 11) is -3.22. The summed E-state index contributed by atoms with van der Waals surface area (Å²) in [6, 6.07) is 11.9. The summed E-state index contributed by atoms with van der Waals surface area (Å²) in [4.78, 5) is 16.2. The summed E-state index contributed by atoms with van der Waals surface area (Å²) in [5.74, 6) is -0.460. The lowest BCUT2D eigenvalue weighted by Crippen LogP contribution is -2.65. The molecule has 4 rings (SSSR count). The van der Waals surface area contributed by atoms with E-state index in [9.17, 15) is 14.1 Å². The molecule has 0 saturated carbocycles. The molecule has 0 bridgehead atoms. The second kappa shape index (κ2) is 8.18. The molecule has 180 valence electrons. The van der Waals surface area contributed by atoms with Gasteiger partial charge in [0.1, 0.15) is 17.2 Å². The molecule has 8 nitrogen and oxygen atoms in total. The molecule has 34 heavy (non-hydrogen) atoms. The molecule has 0 aromatic heterocycles. The van der Waals surface area contributed by atoms with Crippen molar-refractivity contribution in [1.29, 1.82) is 5.26 Å². The third-order valence-electron chi connectivity index (χ3n) is 6.98. The Morgan fingerprint density at radius 1 is 1.29 bits per heavy atom. The lowest BCUT2D eigenvalue weighted by molar-refractivity contribution is 0.199. The number of fused-ring (bicyclic) bond motifs is 1. The third kappa shape index (κ3) is 3.65. The first kappa shape index (κ1) is 23.9. The third-order valence-corrected chi connectivity index (χ3v) is 11.2. The number of nitrogens with one attached hydrogen (secondary N) is 3. The Morgan fingerprint density at radius 2 is 2.03 bits per heavy atom. The first-order chi connectivity index (χ1) is 15.9. The number of aryl methyl sites for hydroxylation is 1. The lowest BCUT2D eigenvalue weighted by atomic mass is 9.85. The van der Waals surface area contributed by atoms with E-state index in [1.54, 1.807) is 51.1 Å². The minimum atomic E-state index is -3.22. The number of carbonyl (C=O) groups is 1. The molecule has 2 aliphatic heterocycles. The van der Waals surface area contributed by atoms with Gasteiger partial charge in [-0.1, -0.05) is 0 Å². The van der Waals surface area contributed by atoms with Crippen LogP contribution in [0.25, 0.3) is 0 Å². The predicted octanol–water partition coefficient (Wildman–Crippen LogP) is 3.72. The summed E-state index contributed by atoms with van der Waals surface area (Å²) in [6.45, 7) is 7.46. The van der Waals surface area contributed by atoms with Gasteiger partial charge in [0.15, 0.2) is 0 Å². The van der Waals surface area contributed by atoms with Crippen LogP contribution in [0.4, 0.5) is 20.6 Å². The smallest absolute Gasteiger partial charge is 0.410 e. The van der Waals surface area contributed by atoms with Crippen LogP contribution < -0.4 is 15.4 Å². The number of nitrogens with zero attached hydrogens (tertiary/aromatic N) is 2. The number of hydrogen-bond acceptors (Lipinski definition) is 5. The zero-order chi connectivity index (χ0) is 24.9. The summed E-state index contributed by atoms with van der Waals surface area (Å²) in [6.07, 6.45) is -0.794. The normalized spacial score (nSPS) is 25.4. The maximum absolute atomic E-state index is 15.3. The van der Waals surface area contributed by atoms with E-state index in [2.05, 4.69) is 21.4 Å². The second-order valence-electron chi connectivity index (χ2n) is 9.43. The molecule has 10 heteroatoms. The number of anilines is 2. The molecule has 2 aromatic carbocycles. The number of aliphatic imine (C=N–C) groups is 1. The fraction of sp³-hybridized carbons (Fsp3) is 0.375. The van der Waals surface area contributed by atoms with Crippen molar-refractivity contribution < 1.29 is 18.5 Å². The Morgan fingerprint density at radius 3 is 2.68 bits per heavy atom. The number of rotatable bonds is 3. The summed E-state index contributed by atoms with van der Waals surface area (Å²) in [5.41, 5.74) is 1.73. The van der Waals surface area contributed by atoms with Crippen molar-refractivity contribution in [2.75, 3.05) is 11.9 Å².